The van der Waals surface area contributed by atoms with Gasteiger partial charge in [0.25, 0.3) is 11.8 Å². The van der Waals surface area contributed by atoms with Crippen molar-refractivity contribution in [3.8, 4) is 0 Å². The molecule has 46 heavy (non-hydrogen) atoms. The number of thioether (sulfide) groups is 2. The number of imidazole rings is 1. The third kappa shape index (κ3) is 5.79. The molecule has 3 amide bonds. The van der Waals surface area contributed by atoms with Gasteiger partial charge in [0.2, 0.25) is 5.91 Å². The third-order valence-electron chi connectivity index (χ3n) is 7.29. The molecule has 236 valence electrons. The highest BCUT2D eigenvalue weighted by molar-refractivity contribution is 8.01. The average molecular weight is 683 g/mol. The first-order valence-electron chi connectivity index (χ1n) is 13.5. The third-order valence-corrected chi connectivity index (χ3v) is 9.98. The summed E-state index contributed by atoms with van der Waals surface area (Å²) < 4.78 is 1.05. The lowest BCUT2D eigenvalue weighted by atomic mass is 10.0. The molecule has 4 aromatic rings. The number of carboxylic acids is 1. The number of para-hydroxylation sites is 2. The molecule has 2 aromatic carbocycles. The van der Waals surface area contributed by atoms with Gasteiger partial charge in [-0.15, -0.1) is 16.9 Å². The number of benzene rings is 2. The molecule has 3 atom stereocenters. The normalized spacial score (nSPS) is 18.1. The number of aromatic amines is 2. The molecule has 18 heteroatoms. The van der Waals surface area contributed by atoms with Gasteiger partial charge in [-0.25, -0.2) is 14.9 Å². The van der Waals surface area contributed by atoms with Crippen LogP contribution < -0.4 is 21.8 Å². The van der Waals surface area contributed by atoms with E-state index in [-0.39, 0.29) is 28.2 Å². The fourth-order valence-corrected chi connectivity index (χ4v) is 7.62. The standard InChI is InChI=1S/C28H23ClN8O7S2/c1-36-25(42)23(40)34-35-28(36)46-11-13-10-45-26-18(24(41)37(26)19(13)27(43)44)33-21(38)17(12-5-4-6-14(29)9-12)32-22(39)20-30-15-7-2-3-8-16(15)31-20/h2-9,17-18,26H,10-11H2,1H3,(H,30,31)(H,32,39)(H,33,38)(H,34,40)(H,43,44)/t17?,18?,26-/m1/s1. The summed E-state index contributed by atoms with van der Waals surface area (Å²) >= 11 is 8.46. The number of nitrogens with one attached hydrogen (secondary N) is 4. The Balaban J connectivity index is 1.20. The second kappa shape index (κ2) is 12.5. The number of nitrogens with zero attached hydrogens (tertiary/aromatic N) is 4. The summed E-state index contributed by atoms with van der Waals surface area (Å²) in [4.78, 5) is 84.3. The number of fused-ring (bicyclic) bond motifs is 2. The van der Waals surface area contributed by atoms with Gasteiger partial charge in [-0.2, -0.15) is 0 Å². The van der Waals surface area contributed by atoms with E-state index in [1.807, 2.05) is 0 Å². The molecule has 5 N–H and O–H groups in total. The fraction of sp³-hybridized carbons (Fsp3) is 0.214. The van der Waals surface area contributed by atoms with Crippen molar-refractivity contribution < 1.29 is 24.3 Å². The van der Waals surface area contributed by atoms with Gasteiger partial charge >= 0.3 is 17.1 Å². The molecule has 6 rings (SSSR count). The zero-order chi connectivity index (χ0) is 32.7. The number of hydrogen-bond donors (Lipinski definition) is 5. The smallest absolute Gasteiger partial charge is 0.352 e. The predicted octanol–water partition coefficient (Wildman–Crippen LogP) is 1.00. The van der Waals surface area contributed by atoms with Gasteiger partial charge in [-0.1, -0.05) is 47.6 Å². The number of carboxylic acid groups (broad SMARTS) is 1. The molecule has 1 saturated heterocycles. The lowest BCUT2D eigenvalue weighted by Crippen LogP contribution is -2.71. The van der Waals surface area contributed by atoms with Crippen molar-refractivity contribution in [1.29, 1.82) is 0 Å². The number of carbonyl (C=O) groups is 4. The molecule has 0 bridgehead atoms. The first-order chi connectivity index (χ1) is 22.0. The SMILES string of the molecule is Cn1c(SCC2=C(C(=O)O)N3C(=O)C(NC(=O)C(NC(=O)c4nc5ccccc5[nH]4)c4cccc(Cl)c4)[C@H]3SC2)n[nH]c(=O)c1=O. The van der Waals surface area contributed by atoms with Crippen molar-refractivity contribution in [3.05, 3.63) is 96.9 Å². The van der Waals surface area contributed by atoms with Crippen LogP contribution in [0.15, 0.2) is 74.5 Å². The molecule has 4 heterocycles. The zero-order valence-electron chi connectivity index (χ0n) is 23.6. The molecule has 2 aliphatic heterocycles. The number of H-pyrrole nitrogens is 2. The first-order valence-corrected chi connectivity index (χ1v) is 15.9. The highest BCUT2D eigenvalue weighted by atomic mass is 35.5. The van der Waals surface area contributed by atoms with Crippen molar-refractivity contribution in [2.45, 2.75) is 22.6 Å². The van der Waals surface area contributed by atoms with E-state index in [1.54, 1.807) is 42.5 Å². The van der Waals surface area contributed by atoms with E-state index in [0.29, 0.717) is 27.2 Å². The van der Waals surface area contributed by atoms with Gasteiger partial charge < -0.3 is 20.7 Å². The van der Waals surface area contributed by atoms with Crippen LogP contribution >= 0.6 is 35.1 Å². The van der Waals surface area contributed by atoms with Gasteiger partial charge in [0, 0.05) is 23.6 Å². The number of hydrogen-bond acceptors (Lipinski definition) is 10. The van der Waals surface area contributed by atoms with Crippen LogP contribution in [0, 0.1) is 0 Å². The summed E-state index contributed by atoms with van der Waals surface area (Å²) in [5.74, 6) is -3.11. The molecule has 2 unspecified atom stereocenters. The van der Waals surface area contributed by atoms with Crippen LogP contribution in [0.1, 0.15) is 22.2 Å². The van der Waals surface area contributed by atoms with Crippen LogP contribution in [0.2, 0.25) is 5.02 Å². The Labute approximate surface area is 271 Å². The number of aliphatic carboxylic acids is 1. The van der Waals surface area contributed by atoms with Crippen molar-refractivity contribution >= 4 is 69.8 Å². The minimum atomic E-state index is -1.34. The highest BCUT2D eigenvalue weighted by Crippen LogP contribution is 2.41. The summed E-state index contributed by atoms with van der Waals surface area (Å²) in [7, 11) is 1.37. The second-order valence-corrected chi connectivity index (χ2v) is 12.7. The second-order valence-electron chi connectivity index (χ2n) is 10.2. The maximum absolute atomic E-state index is 13.7. The maximum atomic E-state index is 13.7. The Hall–Kier alpha value is -4.87. The molecule has 0 saturated carbocycles. The lowest BCUT2D eigenvalue weighted by Gasteiger charge is -2.49. The van der Waals surface area contributed by atoms with Crippen molar-refractivity contribution in [1.82, 2.24) is 40.3 Å². The molecule has 2 aromatic heterocycles. The van der Waals surface area contributed by atoms with Crippen LogP contribution in [-0.4, -0.2) is 81.4 Å². The number of carbonyl (C=O) groups excluding carboxylic acids is 3. The largest absolute Gasteiger partial charge is 0.477 e. The van der Waals surface area contributed by atoms with Crippen molar-refractivity contribution in [2.24, 2.45) is 7.05 Å². The summed E-state index contributed by atoms with van der Waals surface area (Å²) in [6, 6.07) is 11.0. The van der Waals surface area contributed by atoms with Crippen LogP contribution in [-0.2, 0) is 21.4 Å². The fourth-order valence-electron chi connectivity index (χ4n) is 5.02. The van der Waals surface area contributed by atoms with E-state index in [4.69, 9.17) is 11.6 Å². The predicted molar refractivity (Wildman–Crippen MR) is 168 cm³/mol. The van der Waals surface area contributed by atoms with Gasteiger partial charge in [0.05, 0.1) is 11.0 Å². The number of rotatable bonds is 9. The summed E-state index contributed by atoms with van der Waals surface area (Å²) in [5.41, 5.74) is 0.00154. The summed E-state index contributed by atoms with van der Waals surface area (Å²) in [5, 5.41) is 21.1. The van der Waals surface area contributed by atoms with Crippen LogP contribution in [0.4, 0.5) is 0 Å². The van der Waals surface area contributed by atoms with Crippen LogP contribution in [0.3, 0.4) is 0 Å². The van der Waals surface area contributed by atoms with Crippen LogP contribution in [0.5, 0.6) is 0 Å². The summed E-state index contributed by atoms with van der Waals surface area (Å²) in [6.45, 7) is 0. The maximum Gasteiger partial charge on any atom is 0.352 e. The van der Waals surface area contributed by atoms with Crippen molar-refractivity contribution in [2.75, 3.05) is 11.5 Å². The minimum Gasteiger partial charge on any atom is -0.477 e. The van der Waals surface area contributed by atoms with Gasteiger partial charge in [0.15, 0.2) is 11.0 Å². The Kier molecular flexibility index (Phi) is 8.45. The summed E-state index contributed by atoms with van der Waals surface area (Å²) in [6.07, 6.45) is 0. The lowest BCUT2D eigenvalue weighted by molar-refractivity contribution is -0.151. The van der Waals surface area contributed by atoms with E-state index < -0.39 is 52.3 Å². The van der Waals surface area contributed by atoms with E-state index in [9.17, 15) is 33.9 Å². The quantitative estimate of drug-likeness (QED) is 0.0954. The van der Waals surface area contributed by atoms with E-state index in [1.165, 1.54) is 24.9 Å². The van der Waals surface area contributed by atoms with Crippen LogP contribution in [0.25, 0.3) is 11.0 Å². The molecule has 0 spiro atoms. The molecule has 1 fully saturated rings. The molecule has 2 aliphatic rings. The Morgan fingerprint density at radius 2 is 1.96 bits per heavy atom. The van der Waals surface area contributed by atoms with Gasteiger partial charge in [0.1, 0.15) is 23.2 Å². The van der Waals surface area contributed by atoms with Gasteiger partial charge in [-0.05, 0) is 35.4 Å². The molecular formula is C28H23ClN8O7S2. The molecule has 0 radical (unpaired) electrons. The zero-order valence-corrected chi connectivity index (χ0v) is 26.0. The monoisotopic (exact) mass is 682 g/mol. The van der Waals surface area contributed by atoms with Crippen molar-refractivity contribution in [3.63, 3.8) is 0 Å². The number of halogens is 1. The topological polar surface area (TPSA) is 212 Å². The molecule has 0 aliphatic carbocycles. The number of amides is 3. The van der Waals surface area contributed by atoms with E-state index >= 15 is 0 Å². The number of aromatic nitrogens is 5. The first kappa shape index (κ1) is 31.1. The highest BCUT2D eigenvalue weighted by Gasteiger charge is 2.54. The Morgan fingerprint density at radius 1 is 1.17 bits per heavy atom. The average Bonchev–Trinajstić information content (AvgIpc) is 3.48. The van der Waals surface area contributed by atoms with E-state index in [0.717, 1.165) is 21.2 Å². The van der Waals surface area contributed by atoms with E-state index in [2.05, 4.69) is 30.8 Å². The Morgan fingerprint density at radius 3 is 2.70 bits per heavy atom. The molecule has 15 nitrogen and oxygen atoms in total. The number of β-lactam (4-membered cyclic amide) rings is 1. The van der Waals surface area contributed by atoms with Gasteiger partial charge in [-0.3, -0.25) is 33.4 Å². The minimum absolute atomic E-state index is 0.0199. The molecular weight excluding hydrogens is 660 g/mol. The Bertz CT molecular complexity index is 2040.